The minimum Gasteiger partial charge on any atom is -0.282 e. The first kappa shape index (κ1) is 13.9. The maximum atomic E-state index is 5.08. The summed E-state index contributed by atoms with van der Waals surface area (Å²) in [6, 6.07) is 8.52. The number of nitrogens with one attached hydrogen (secondary N) is 2. The Labute approximate surface area is 128 Å². The Kier molecular flexibility index (Phi) is 3.59. The van der Waals surface area contributed by atoms with Gasteiger partial charge in [0.15, 0.2) is 5.82 Å². The number of nitrogens with zero attached hydrogens (tertiary/aromatic N) is 2. The van der Waals surface area contributed by atoms with Crippen LogP contribution in [0.1, 0.15) is 37.9 Å². The molecule has 0 aliphatic rings. The Morgan fingerprint density at radius 2 is 1.95 bits per heavy atom. The fourth-order valence-corrected chi connectivity index (χ4v) is 2.55. The van der Waals surface area contributed by atoms with E-state index < -0.39 is 0 Å². The Morgan fingerprint density at radius 1 is 1.14 bits per heavy atom. The van der Waals surface area contributed by atoms with Gasteiger partial charge in [-0.15, -0.1) is 0 Å². The molecule has 3 rings (SSSR count). The van der Waals surface area contributed by atoms with E-state index in [1.165, 1.54) is 5.56 Å². The van der Waals surface area contributed by atoms with Gasteiger partial charge in [-0.05, 0) is 48.3 Å². The molecule has 0 aliphatic heterocycles. The number of hydrogen-bond donors (Lipinski definition) is 2. The third-order valence-corrected chi connectivity index (χ3v) is 3.84. The SMILES string of the molecule is CCc1ccc2nc(C(C)C)cc(-c3nc(=S)[nH][nH]3)c2c1. The quantitative estimate of drug-likeness (QED) is 0.706. The number of aromatic amines is 2. The van der Waals surface area contributed by atoms with Crippen LogP contribution in [0, 0.1) is 4.77 Å². The predicted molar refractivity (Wildman–Crippen MR) is 88.0 cm³/mol. The van der Waals surface area contributed by atoms with Gasteiger partial charge < -0.3 is 0 Å². The van der Waals surface area contributed by atoms with E-state index in [1.54, 1.807) is 0 Å². The lowest BCUT2D eigenvalue weighted by atomic mass is 10.0. The van der Waals surface area contributed by atoms with Gasteiger partial charge in [-0.1, -0.05) is 26.8 Å². The minimum atomic E-state index is 0.362. The highest BCUT2D eigenvalue weighted by atomic mass is 32.1. The topological polar surface area (TPSA) is 57.4 Å². The van der Waals surface area contributed by atoms with E-state index in [4.69, 9.17) is 17.2 Å². The van der Waals surface area contributed by atoms with Crippen molar-refractivity contribution in [3.05, 3.63) is 40.3 Å². The molecule has 0 saturated carbocycles. The summed E-state index contributed by atoms with van der Waals surface area (Å²) in [5, 5.41) is 7.02. The maximum Gasteiger partial charge on any atom is 0.213 e. The molecule has 21 heavy (non-hydrogen) atoms. The smallest absolute Gasteiger partial charge is 0.213 e. The number of aromatic nitrogens is 4. The molecule has 0 fully saturated rings. The van der Waals surface area contributed by atoms with Crippen LogP contribution in [0.15, 0.2) is 24.3 Å². The van der Waals surface area contributed by atoms with Crippen molar-refractivity contribution in [2.75, 3.05) is 0 Å². The highest BCUT2D eigenvalue weighted by Gasteiger charge is 2.12. The second-order valence-corrected chi connectivity index (χ2v) is 5.86. The molecule has 0 radical (unpaired) electrons. The Balaban J connectivity index is 2.34. The highest BCUT2D eigenvalue weighted by molar-refractivity contribution is 7.71. The summed E-state index contributed by atoms with van der Waals surface area (Å²) < 4.78 is 0.465. The van der Waals surface area contributed by atoms with Crippen LogP contribution < -0.4 is 0 Å². The molecule has 0 amide bonds. The first-order chi connectivity index (χ1) is 10.1. The molecule has 0 spiro atoms. The third kappa shape index (κ3) is 2.61. The largest absolute Gasteiger partial charge is 0.282 e. The lowest BCUT2D eigenvalue weighted by Crippen LogP contribution is -1.97. The zero-order valence-electron chi connectivity index (χ0n) is 12.4. The number of aryl methyl sites for hydroxylation is 1. The van der Waals surface area contributed by atoms with Crippen molar-refractivity contribution >= 4 is 23.1 Å². The van der Waals surface area contributed by atoms with E-state index in [9.17, 15) is 0 Å². The standard InChI is InChI=1S/C16H18N4S/c1-4-10-5-6-13-11(7-10)12(8-14(17-13)9(2)3)15-18-16(21)20-19-15/h5-9H,4H2,1-3H3,(H2,18,19,20,21). The molecule has 0 aliphatic carbocycles. The fraction of sp³-hybridized carbons (Fsp3) is 0.312. The third-order valence-electron chi connectivity index (χ3n) is 3.65. The van der Waals surface area contributed by atoms with Crippen molar-refractivity contribution in [2.24, 2.45) is 0 Å². The minimum absolute atomic E-state index is 0.362. The molecular weight excluding hydrogens is 280 g/mol. The lowest BCUT2D eigenvalue weighted by Gasteiger charge is -2.11. The summed E-state index contributed by atoms with van der Waals surface area (Å²) in [6.45, 7) is 6.44. The Bertz CT molecular complexity index is 845. The average molecular weight is 298 g/mol. The maximum absolute atomic E-state index is 5.08. The molecule has 4 nitrogen and oxygen atoms in total. The summed E-state index contributed by atoms with van der Waals surface area (Å²) in [5.74, 6) is 1.13. The normalized spacial score (nSPS) is 11.4. The average Bonchev–Trinajstić information content (AvgIpc) is 2.91. The molecular formula is C16H18N4S. The monoisotopic (exact) mass is 298 g/mol. The molecule has 108 valence electrons. The molecule has 2 N–H and O–H groups in total. The highest BCUT2D eigenvalue weighted by Crippen LogP contribution is 2.29. The van der Waals surface area contributed by atoms with Crippen LogP contribution in [0.5, 0.6) is 0 Å². The second-order valence-electron chi connectivity index (χ2n) is 5.47. The van der Waals surface area contributed by atoms with Crippen molar-refractivity contribution in [1.82, 2.24) is 20.2 Å². The first-order valence-electron chi connectivity index (χ1n) is 7.17. The second kappa shape index (κ2) is 5.41. The van der Waals surface area contributed by atoms with Gasteiger partial charge >= 0.3 is 0 Å². The lowest BCUT2D eigenvalue weighted by molar-refractivity contribution is 0.830. The number of H-pyrrole nitrogens is 2. The van der Waals surface area contributed by atoms with Gasteiger partial charge in [-0.2, -0.15) is 4.98 Å². The van der Waals surface area contributed by atoms with Crippen molar-refractivity contribution in [3.8, 4) is 11.4 Å². The Morgan fingerprint density at radius 3 is 2.57 bits per heavy atom. The Hall–Kier alpha value is -2.01. The van der Waals surface area contributed by atoms with Crippen LogP contribution in [-0.2, 0) is 6.42 Å². The van der Waals surface area contributed by atoms with Crippen LogP contribution in [-0.4, -0.2) is 20.2 Å². The summed E-state index contributed by atoms with van der Waals surface area (Å²) in [6.07, 6.45) is 0.998. The zero-order valence-corrected chi connectivity index (χ0v) is 13.2. The van der Waals surface area contributed by atoms with Crippen LogP contribution in [0.2, 0.25) is 0 Å². The van der Waals surface area contributed by atoms with Gasteiger partial charge in [0, 0.05) is 16.6 Å². The van der Waals surface area contributed by atoms with Crippen molar-refractivity contribution < 1.29 is 0 Å². The number of rotatable bonds is 3. The van der Waals surface area contributed by atoms with E-state index in [0.29, 0.717) is 10.7 Å². The van der Waals surface area contributed by atoms with Gasteiger partial charge in [0.1, 0.15) is 0 Å². The number of benzene rings is 1. The van der Waals surface area contributed by atoms with E-state index >= 15 is 0 Å². The van der Waals surface area contributed by atoms with Crippen LogP contribution in [0.25, 0.3) is 22.3 Å². The number of hydrogen-bond acceptors (Lipinski definition) is 3. The molecule has 0 saturated heterocycles. The van der Waals surface area contributed by atoms with Gasteiger partial charge in [0.2, 0.25) is 4.77 Å². The number of pyridine rings is 1. The van der Waals surface area contributed by atoms with Crippen LogP contribution >= 0.6 is 12.2 Å². The zero-order chi connectivity index (χ0) is 15.0. The summed E-state index contributed by atoms with van der Waals surface area (Å²) in [5.41, 5.74) is 4.39. The van der Waals surface area contributed by atoms with Gasteiger partial charge in [0.05, 0.1) is 5.52 Å². The molecule has 1 aromatic carbocycles. The fourth-order valence-electron chi connectivity index (χ4n) is 2.40. The van der Waals surface area contributed by atoms with Gasteiger partial charge in [0.25, 0.3) is 0 Å². The molecule has 3 aromatic rings. The molecule has 2 heterocycles. The van der Waals surface area contributed by atoms with Crippen LogP contribution in [0.3, 0.4) is 0 Å². The van der Waals surface area contributed by atoms with E-state index in [-0.39, 0.29) is 0 Å². The van der Waals surface area contributed by atoms with Crippen LogP contribution in [0.4, 0.5) is 0 Å². The molecule has 2 aromatic heterocycles. The summed E-state index contributed by atoms with van der Waals surface area (Å²) in [4.78, 5) is 9.13. The number of fused-ring (bicyclic) bond motifs is 1. The molecule has 0 unspecified atom stereocenters. The van der Waals surface area contributed by atoms with E-state index in [1.807, 2.05) is 0 Å². The molecule has 0 bridgehead atoms. The molecule has 5 heteroatoms. The van der Waals surface area contributed by atoms with Gasteiger partial charge in [-0.25, -0.2) is 0 Å². The molecule has 0 atom stereocenters. The van der Waals surface area contributed by atoms with Crippen molar-refractivity contribution in [3.63, 3.8) is 0 Å². The predicted octanol–water partition coefficient (Wildman–Crippen LogP) is 4.37. The first-order valence-corrected chi connectivity index (χ1v) is 7.58. The van der Waals surface area contributed by atoms with Crippen molar-refractivity contribution in [1.29, 1.82) is 0 Å². The van der Waals surface area contributed by atoms with E-state index in [0.717, 1.165) is 34.4 Å². The summed E-state index contributed by atoms with van der Waals surface area (Å²) >= 11 is 5.08. The van der Waals surface area contributed by atoms with Gasteiger partial charge in [-0.3, -0.25) is 15.2 Å². The van der Waals surface area contributed by atoms with Crippen molar-refractivity contribution in [2.45, 2.75) is 33.1 Å². The summed E-state index contributed by atoms with van der Waals surface area (Å²) in [7, 11) is 0. The van der Waals surface area contributed by atoms with E-state index in [2.05, 4.69) is 60.2 Å².